The number of nitrogens with one attached hydrogen (secondary N) is 1. The largest absolute Gasteiger partial charge is 0.481 e. The molecule has 0 aliphatic carbocycles. The Morgan fingerprint density at radius 2 is 2.20 bits per heavy atom. The molecule has 1 saturated heterocycles. The van der Waals surface area contributed by atoms with Crippen molar-refractivity contribution in [3.8, 4) is 0 Å². The molecule has 1 fully saturated rings. The molecule has 1 aromatic carbocycles. The Morgan fingerprint density at radius 1 is 1.45 bits per heavy atom. The third-order valence-electron chi connectivity index (χ3n) is 4.46. The number of aliphatic carboxylic acids is 1. The molecule has 0 spiro atoms. The van der Waals surface area contributed by atoms with E-state index in [4.69, 9.17) is 5.11 Å². The molecular formula is C15H18N2O3. The van der Waals surface area contributed by atoms with Crippen molar-refractivity contribution < 1.29 is 14.7 Å². The van der Waals surface area contributed by atoms with Crippen molar-refractivity contribution in [3.05, 3.63) is 29.3 Å². The zero-order chi connectivity index (χ0) is 14.4. The van der Waals surface area contributed by atoms with E-state index in [0.717, 1.165) is 16.8 Å². The van der Waals surface area contributed by atoms with Gasteiger partial charge in [0.2, 0.25) is 5.91 Å². The molecule has 2 aliphatic heterocycles. The van der Waals surface area contributed by atoms with E-state index in [-0.39, 0.29) is 23.8 Å². The minimum absolute atomic E-state index is 0.0645. The van der Waals surface area contributed by atoms with Crippen LogP contribution in [0.5, 0.6) is 0 Å². The summed E-state index contributed by atoms with van der Waals surface area (Å²) in [5.74, 6) is -1.08. The van der Waals surface area contributed by atoms with E-state index in [1.807, 2.05) is 25.1 Å². The molecule has 0 bridgehead atoms. The molecule has 3 unspecified atom stereocenters. The molecular weight excluding hydrogens is 256 g/mol. The van der Waals surface area contributed by atoms with Gasteiger partial charge in [0.25, 0.3) is 0 Å². The van der Waals surface area contributed by atoms with Crippen LogP contribution in [-0.2, 0) is 9.59 Å². The number of fused-ring (bicyclic) bond motifs is 1. The van der Waals surface area contributed by atoms with Gasteiger partial charge in [-0.25, -0.2) is 0 Å². The normalized spacial score (nSPS) is 28.8. The zero-order valence-corrected chi connectivity index (χ0v) is 11.6. The van der Waals surface area contributed by atoms with Gasteiger partial charge < -0.3 is 15.3 Å². The lowest BCUT2D eigenvalue weighted by Crippen LogP contribution is -2.22. The van der Waals surface area contributed by atoms with Gasteiger partial charge in [-0.05, 0) is 30.5 Å². The number of amides is 1. The molecule has 2 N–H and O–H groups in total. The number of carbonyl (C=O) groups excluding carboxylic acids is 1. The van der Waals surface area contributed by atoms with Crippen LogP contribution in [0.15, 0.2) is 18.2 Å². The van der Waals surface area contributed by atoms with Crippen LogP contribution in [0.25, 0.3) is 0 Å². The zero-order valence-electron chi connectivity index (χ0n) is 11.6. The Balaban J connectivity index is 1.88. The van der Waals surface area contributed by atoms with Crippen LogP contribution in [0.2, 0.25) is 0 Å². The number of carboxylic acid groups (broad SMARTS) is 1. The van der Waals surface area contributed by atoms with Crippen molar-refractivity contribution in [1.82, 2.24) is 5.32 Å². The number of benzene rings is 1. The molecule has 0 radical (unpaired) electrons. The van der Waals surface area contributed by atoms with Gasteiger partial charge in [0.1, 0.15) is 0 Å². The molecule has 0 aromatic heterocycles. The summed E-state index contributed by atoms with van der Waals surface area (Å²) < 4.78 is 0. The number of nitrogens with zero attached hydrogens (tertiary/aromatic N) is 1. The van der Waals surface area contributed by atoms with Gasteiger partial charge in [0.05, 0.1) is 11.8 Å². The average molecular weight is 274 g/mol. The molecule has 20 heavy (non-hydrogen) atoms. The number of carboxylic acids is 1. The molecule has 3 atom stereocenters. The Morgan fingerprint density at radius 3 is 2.85 bits per heavy atom. The van der Waals surface area contributed by atoms with E-state index in [1.165, 1.54) is 0 Å². The second kappa shape index (κ2) is 4.59. The van der Waals surface area contributed by atoms with Crippen molar-refractivity contribution in [2.45, 2.75) is 25.3 Å². The van der Waals surface area contributed by atoms with Gasteiger partial charge in [-0.1, -0.05) is 12.1 Å². The van der Waals surface area contributed by atoms with Gasteiger partial charge >= 0.3 is 5.97 Å². The predicted octanol–water partition coefficient (Wildman–Crippen LogP) is 1.50. The first-order valence-electron chi connectivity index (χ1n) is 6.86. The highest BCUT2D eigenvalue weighted by Crippen LogP contribution is 2.39. The molecule has 1 amide bonds. The molecule has 0 saturated carbocycles. The Labute approximate surface area is 117 Å². The number of rotatable bonds is 2. The summed E-state index contributed by atoms with van der Waals surface area (Å²) in [6, 6.07) is 6.06. The molecule has 1 aromatic rings. The Bertz CT molecular complexity index is 584. The van der Waals surface area contributed by atoms with E-state index < -0.39 is 5.97 Å². The monoisotopic (exact) mass is 274 g/mol. The Kier molecular flexibility index (Phi) is 3.01. The van der Waals surface area contributed by atoms with Crippen LogP contribution in [-0.4, -0.2) is 30.6 Å². The molecule has 2 heterocycles. The molecule has 106 valence electrons. The number of carbonyl (C=O) groups is 2. The second-order valence-corrected chi connectivity index (χ2v) is 5.67. The first-order chi connectivity index (χ1) is 9.49. The summed E-state index contributed by atoms with van der Waals surface area (Å²) in [5, 5.41) is 12.3. The van der Waals surface area contributed by atoms with Crippen LogP contribution in [0, 0.1) is 5.92 Å². The third-order valence-corrected chi connectivity index (χ3v) is 4.46. The maximum atomic E-state index is 12.0. The molecule has 2 aliphatic rings. The first-order valence-corrected chi connectivity index (χ1v) is 6.86. The van der Waals surface area contributed by atoms with Crippen LogP contribution < -0.4 is 10.2 Å². The van der Waals surface area contributed by atoms with Gasteiger partial charge in [0, 0.05) is 25.3 Å². The predicted molar refractivity (Wildman–Crippen MR) is 74.8 cm³/mol. The highest BCUT2D eigenvalue weighted by molar-refractivity contribution is 6.04. The molecule has 5 heteroatoms. The van der Waals surface area contributed by atoms with Crippen molar-refractivity contribution >= 4 is 17.6 Å². The number of likely N-dealkylation sites (N-methyl/N-ethyl adjacent to an activating group) is 1. The standard InChI is InChI=1S/C15H18N2O3/c1-8-11-5-9(3-4-13(11)17(2)14(8)18)12-6-10(7-16-12)15(19)20/h3-5,8,10,12,16H,6-7H2,1-2H3,(H,19,20). The van der Waals surface area contributed by atoms with Crippen molar-refractivity contribution in [2.24, 2.45) is 5.92 Å². The van der Waals surface area contributed by atoms with Gasteiger partial charge in [-0.3, -0.25) is 9.59 Å². The molecule has 3 rings (SSSR count). The van der Waals surface area contributed by atoms with E-state index in [2.05, 4.69) is 5.32 Å². The van der Waals surface area contributed by atoms with Gasteiger partial charge in [-0.15, -0.1) is 0 Å². The smallest absolute Gasteiger partial charge is 0.307 e. The van der Waals surface area contributed by atoms with Gasteiger partial charge in [0.15, 0.2) is 0 Å². The summed E-state index contributed by atoms with van der Waals surface area (Å²) in [7, 11) is 1.79. The maximum Gasteiger partial charge on any atom is 0.307 e. The van der Waals surface area contributed by atoms with Crippen LogP contribution in [0.4, 0.5) is 5.69 Å². The van der Waals surface area contributed by atoms with Crippen molar-refractivity contribution in [3.63, 3.8) is 0 Å². The van der Waals surface area contributed by atoms with Crippen LogP contribution in [0.3, 0.4) is 0 Å². The van der Waals surface area contributed by atoms with E-state index >= 15 is 0 Å². The van der Waals surface area contributed by atoms with Crippen molar-refractivity contribution in [1.29, 1.82) is 0 Å². The average Bonchev–Trinajstić information content (AvgIpc) is 3.00. The van der Waals surface area contributed by atoms with Gasteiger partial charge in [-0.2, -0.15) is 0 Å². The maximum absolute atomic E-state index is 12.0. The Hall–Kier alpha value is -1.88. The second-order valence-electron chi connectivity index (χ2n) is 5.67. The highest BCUT2D eigenvalue weighted by atomic mass is 16.4. The van der Waals surface area contributed by atoms with Crippen LogP contribution in [0.1, 0.15) is 36.4 Å². The SMILES string of the molecule is CC1C(=O)N(C)c2ccc(C3CC(C(=O)O)CN3)cc21. The summed E-state index contributed by atoms with van der Waals surface area (Å²) in [6.45, 7) is 2.42. The number of hydrogen-bond acceptors (Lipinski definition) is 3. The minimum Gasteiger partial charge on any atom is -0.481 e. The van der Waals surface area contributed by atoms with Crippen molar-refractivity contribution in [2.75, 3.05) is 18.5 Å². The van der Waals surface area contributed by atoms with E-state index in [0.29, 0.717) is 13.0 Å². The summed E-state index contributed by atoms with van der Waals surface area (Å²) in [5.41, 5.74) is 3.07. The van der Waals surface area contributed by atoms with E-state index in [1.54, 1.807) is 11.9 Å². The summed E-state index contributed by atoms with van der Waals surface area (Å²) >= 11 is 0. The minimum atomic E-state index is -0.746. The molecule has 5 nitrogen and oxygen atoms in total. The summed E-state index contributed by atoms with van der Waals surface area (Å²) in [6.07, 6.45) is 0.603. The lowest BCUT2D eigenvalue weighted by molar-refractivity contribution is -0.141. The topological polar surface area (TPSA) is 69.6 Å². The summed E-state index contributed by atoms with van der Waals surface area (Å²) in [4.78, 5) is 24.7. The fraction of sp³-hybridized carbons (Fsp3) is 0.467. The number of hydrogen-bond donors (Lipinski definition) is 2. The lowest BCUT2D eigenvalue weighted by Gasteiger charge is -2.14. The fourth-order valence-corrected chi connectivity index (χ4v) is 3.16. The first kappa shape index (κ1) is 13.1. The highest BCUT2D eigenvalue weighted by Gasteiger charge is 2.34. The quantitative estimate of drug-likeness (QED) is 0.857. The van der Waals surface area contributed by atoms with Crippen LogP contribution >= 0.6 is 0 Å². The lowest BCUT2D eigenvalue weighted by atomic mass is 9.95. The van der Waals surface area contributed by atoms with E-state index in [9.17, 15) is 9.59 Å². The third kappa shape index (κ3) is 1.89. The number of anilines is 1. The fourth-order valence-electron chi connectivity index (χ4n) is 3.16.